The van der Waals surface area contributed by atoms with Crippen LogP contribution in [0.3, 0.4) is 0 Å². The fourth-order valence-electron chi connectivity index (χ4n) is 2.95. The molecule has 3 nitrogen and oxygen atoms in total. The van der Waals surface area contributed by atoms with Gasteiger partial charge < -0.3 is 10.1 Å². The van der Waals surface area contributed by atoms with E-state index in [1.54, 1.807) is 6.92 Å². The number of rotatable bonds is 5. The van der Waals surface area contributed by atoms with E-state index in [2.05, 4.69) is 38.2 Å². The molecule has 0 aromatic heterocycles. The smallest absolute Gasteiger partial charge is 0.261 e. The summed E-state index contributed by atoms with van der Waals surface area (Å²) in [6, 6.07) is 10.2. The molecule has 0 radical (unpaired) electrons. The SMILES string of the molecule is Cc1cc(C)c([C@H](C)NC(=O)[C@@H](C)Oc2cccc(C)c2C)cc1C. The van der Waals surface area contributed by atoms with Crippen molar-refractivity contribution < 1.29 is 9.53 Å². The summed E-state index contributed by atoms with van der Waals surface area (Å²) in [5.41, 5.74) is 7.08. The van der Waals surface area contributed by atoms with Crippen molar-refractivity contribution in [3.8, 4) is 5.75 Å². The molecule has 0 saturated carbocycles. The van der Waals surface area contributed by atoms with Crippen LogP contribution >= 0.6 is 0 Å². The molecule has 3 heteroatoms. The normalized spacial score (nSPS) is 13.2. The molecular formula is C22H29NO2. The Hall–Kier alpha value is -2.29. The van der Waals surface area contributed by atoms with Crippen LogP contribution in [0.15, 0.2) is 30.3 Å². The maximum absolute atomic E-state index is 12.6. The monoisotopic (exact) mass is 339 g/mol. The van der Waals surface area contributed by atoms with Gasteiger partial charge in [0.2, 0.25) is 0 Å². The standard InChI is InChI=1S/C22H29NO2/c1-13-9-8-10-21(17(13)5)25-19(7)22(24)23-18(6)20-12-15(3)14(2)11-16(20)4/h8-12,18-19H,1-7H3,(H,23,24)/t18-,19+/m0/s1. The highest BCUT2D eigenvalue weighted by molar-refractivity contribution is 5.81. The Bertz CT molecular complexity index is 780. The number of carbonyl (C=O) groups excluding carboxylic acids is 1. The van der Waals surface area contributed by atoms with Crippen LogP contribution in [-0.4, -0.2) is 12.0 Å². The average molecular weight is 339 g/mol. The molecule has 1 amide bonds. The summed E-state index contributed by atoms with van der Waals surface area (Å²) in [4.78, 5) is 12.6. The Balaban J connectivity index is 2.08. The molecule has 0 bridgehead atoms. The molecule has 0 aliphatic carbocycles. The Kier molecular flexibility index (Phi) is 5.89. The minimum atomic E-state index is -0.546. The number of hydrogen-bond donors (Lipinski definition) is 1. The Morgan fingerprint density at radius 2 is 1.56 bits per heavy atom. The Morgan fingerprint density at radius 1 is 0.920 bits per heavy atom. The molecule has 0 saturated heterocycles. The molecule has 2 atom stereocenters. The lowest BCUT2D eigenvalue weighted by atomic mass is 9.96. The van der Waals surface area contributed by atoms with Crippen molar-refractivity contribution in [2.75, 3.05) is 0 Å². The number of amides is 1. The van der Waals surface area contributed by atoms with Crippen molar-refractivity contribution in [3.05, 3.63) is 63.7 Å². The predicted octanol–water partition coefficient (Wildman–Crippen LogP) is 4.87. The van der Waals surface area contributed by atoms with Gasteiger partial charge in [-0.2, -0.15) is 0 Å². The maximum atomic E-state index is 12.6. The molecule has 1 N–H and O–H groups in total. The van der Waals surface area contributed by atoms with Gasteiger partial charge in [0, 0.05) is 0 Å². The average Bonchev–Trinajstić information content (AvgIpc) is 2.54. The van der Waals surface area contributed by atoms with Crippen LogP contribution in [0.1, 0.15) is 53.3 Å². The van der Waals surface area contributed by atoms with Crippen LogP contribution in [0.25, 0.3) is 0 Å². The molecule has 134 valence electrons. The van der Waals surface area contributed by atoms with Crippen molar-refractivity contribution in [1.29, 1.82) is 0 Å². The third-order valence-electron chi connectivity index (χ3n) is 4.94. The second-order valence-electron chi connectivity index (χ2n) is 6.98. The topological polar surface area (TPSA) is 38.3 Å². The fraction of sp³-hybridized carbons (Fsp3) is 0.409. The zero-order chi connectivity index (χ0) is 18.7. The summed E-state index contributed by atoms with van der Waals surface area (Å²) in [6.45, 7) is 14.1. The van der Waals surface area contributed by atoms with E-state index in [1.807, 2.05) is 39.0 Å². The van der Waals surface area contributed by atoms with Gasteiger partial charge >= 0.3 is 0 Å². The Morgan fingerprint density at radius 3 is 2.24 bits per heavy atom. The zero-order valence-electron chi connectivity index (χ0n) is 16.4. The highest BCUT2D eigenvalue weighted by Gasteiger charge is 2.19. The lowest BCUT2D eigenvalue weighted by Gasteiger charge is -2.22. The summed E-state index contributed by atoms with van der Waals surface area (Å²) in [7, 11) is 0. The van der Waals surface area contributed by atoms with Gasteiger partial charge in [0.25, 0.3) is 5.91 Å². The minimum Gasteiger partial charge on any atom is -0.481 e. The first kappa shape index (κ1) is 19.0. The predicted molar refractivity (Wildman–Crippen MR) is 103 cm³/mol. The van der Waals surface area contributed by atoms with Gasteiger partial charge in [-0.05, 0) is 87.9 Å². The quantitative estimate of drug-likeness (QED) is 0.843. The van der Waals surface area contributed by atoms with Gasteiger partial charge in [-0.25, -0.2) is 0 Å². The van der Waals surface area contributed by atoms with Crippen molar-refractivity contribution >= 4 is 5.91 Å². The van der Waals surface area contributed by atoms with E-state index >= 15 is 0 Å². The Labute approximate surface area is 151 Å². The highest BCUT2D eigenvalue weighted by atomic mass is 16.5. The van der Waals surface area contributed by atoms with Gasteiger partial charge in [-0.3, -0.25) is 4.79 Å². The molecule has 0 spiro atoms. The summed E-state index contributed by atoms with van der Waals surface area (Å²) >= 11 is 0. The summed E-state index contributed by atoms with van der Waals surface area (Å²) in [6.07, 6.45) is -0.546. The van der Waals surface area contributed by atoms with Gasteiger partial charge in [0.1, 0.15) is 5.75 Å². The fourth-order valence-corrected chi connectivity index (χ4v) is 2.95. The summed E-state index contributed by atoms with van der Waals surface area (Å²) < 4.78 is 5.89. The van der Waals surface area contributed by atoms with E-state index < -0.39 is 6.10 Å². The number of aryl methyl sites for hydroxylation is 4. The first-order chi connectivity index (χ1) is 11.7. The molecule has 0 unspecified atom stereocenters. The van der Waals surface area contributed by atoms with Crippen molar-refractivity contribution in [1.82, 2.24) is 5.32 Å². The van der Waals surface area contributed by atoms with E-state index in [4.69, 9.17) is 4.74 Å². The minimum absolute atomic E-state index is 0.0588. The lowest BCUT2D eigenvalue weighted by molar-refractivity contribution is -0.127. The molecule has 25 heavy (non-hydrogen) atoms. The van der Waals surface area contributed by atoms with Crippen molar-refractivity contribution in [3.63, 3.8) is 0 Å². The van der Waals surface area contributed by atoms with E-state index in [1.165, 1.54) is 16.7 Å². The molecular weight excluding hydrogens is 310 g/mol. The van der Waals surface area contributed by atoms with Crippen molar-refractivity contribution in [2.24, 2.45) is 0 Å². The van der Waals surface area contributed by atoms with Gasteiger partial charge in [-0.1, -0.05) is 24.3 Å². The number of hydrogen-bond acceptors (Lipinski definition) is 2. The van der Waals surface area contributed by atoms with E-state index in [0.29, 0.717) is 0 Å². The molecule has 0 aliphatic rings. The molecule has 0 heterocycles. The van der Waals surface area contributed by atoms with Gasteiger partial charge in [0.05, 0.1) is 6.04 Å². The largest absolute Gasteiger partial charge is 0.481 e. The number of nitrogens with one attached hydrogen (secondary N) is 1. The number of ether oxygens (including phenoxy) is 1. The van der Waals surface area contributed by atoms with Crippen LogP contribution in [0.5, 0.6) is 5.75 Å². The first-order valence-electron chi connectivity index (χ1n) is 8.81. The van der Waals surface area contributed by atoms with Gasteiger partial charge in [0.15, 0.2) is 6.10 Å². The van der Waals surface area contributed by atoms with Crippen LogP contribution in [0, 0.1) is 34.6 Å². The lowest BCUT2D eigenvalue weighted by Crippen LogP contribution is -2.38. The second kappa shape index (κ2) is 7.73. The van der Waals surface area contributed by atoms with Gasteiger partial charge in [-0.15, -0.1) is 0 Å². The third kappa shape index (κ3) is 4.41. The number of benzene rings is 2. The molecule has 2 aromatic rings. The summed E-state index contributed by atoms with van der Waals surface area (Å²) in [5, 5.41) is 3.07. The van der Waals surface area contributed by atoms with Crippen LogP contribution in [-0.2, 0) is 4.79 Å². The molecule has 0 fully saturated rings. The molecule has 0 aliphatic heterocycles. The van der Waals surface area contributed by atoms with Crippen LogP contribution in [0.4, 0.5) is 0 Å². The zero-order valence-corrected chi connectivity index (χ0v) is 16.4. The van der Waals surface area contributed by atoms with E-state index in [-0.39, 0.29) is 11.9 Å². The molecule has 2 aromatic carbocycles. The van der Waals surface area contributed by atoms with Crippen molar-refractivity contribution in [2.45, 2.75) is 60.6 Å². The van der Waals surface area contributed by atoms with E-state index in [9.17, 15) is 4.79 Å². The van der Waals surface area contributed by atoms with E-state index in [0.717, 1.165) is 22.4 Å². The summed E-state index contributed by atoms with van der Waals surface area (Å²) in [5.74, 6) is 0.656. The van der Waals surface area contributed by atoms with Crippen LogP contribution < -0.4 is 10.1 Å². The van der Waals surface area contributed by atoms with Crippen LogP contribution in [0.2, 0.25) is 0 Å². The number of carbonyl (C=O) groups is 1. The maximum Gasteiger partial charge on any atom is 0.261 e. The first-order valence-corrected chi connectivity index (χ1v) is 8.81. The molecule has 2 rings (SSSR count). The highest BCUT2D eigenvalue weighted by Crippen LogP contribution is 2.23. The second-order valence-corrected chi connectivity index (χ2v) is 6.98. The third-order valence-corrected chi connectivity index (χ3v) is 4.94.